The highest BCUT2D eigenvalue weighted by Gasteiger charge is 2.31. The average molecular weight is 324 g/mol. The van der Waals surface area contributed by atoms with Crippen molar-refractivity contribution in [1.82, 2.24) is 9.80 Å². The first kappa shape index (κ1) is 15.3. The Kier molecular flexibility index (Phi) is 4.07. The van der Waals surface area contributed by atoms with Crippen molar-refractivity contribution in [2.45, 2.75) is 18.9 Å². The molecule has 1 amide bonds. The molecule has 0 saturated carbocycles. The molecule has 1 aliphatic carbocycles. The summed E-state index contributed by atoms with van der Waals surface area (Å²) < 4.78 is 13.6. The molecule has 4 heteroatoms. The molecule has 1 atom stereocenters. The number of amides is 1. The van der Waals surface area contributed by atoms with Gasteiger partial charge in [-0.15, -0.1) is 0 Å². The number of fused-ring (bicyclic) bond motifs is 1. The largest absolute Gasteiger partial charge is 0.336 e. The van der Waals surface area contributed by atoms with Crippen molar-refractivity contribution in [2.24, 2.45) is 0 Å². The van der Waals surface area contributed by atoms with Crippen LogP contribution in [-0.2, 0) is 6.42 Å². The number of benzene rings is 2. The first-order valence-corrected chi connectivity index (χ1v) is 8.59. The summed E-state index contributed by atoms with van der Waals surface area (Å²) in [7, 11) is 0. The Balaban J connectivity index is 1.43. The summed E-state index contributed by atoms with van der Waals surface area (Å²) in [6, 6.07) is 14.9. The molecule has 0 radical (unpaired) electrons. The van der Waals surface area contributed by atoms with Crippen LogP contribution in [0.2, 0.25) is 0 Å². The Morgan fingerprint density at radius 3 is 2.50 bits per heavy atom. The number of carbonyl (C=O) groups is 1. The molecule has 3 nitrogen and oxygen atoms in total. The lowest BCUT2D eigenvalue weighted by molar-refractivity contribution is 0.0568. The van der Waals surface area contributed by atoms with E-state index in [1.165, 1.54) is 5.56 Å². The number of hydrogen-bond donors (Lipinski definition) is 0. The zero-order valence-corrected chi connectivity index (χ0v) is 13.6. The van der Waals surface area contributed by atoms with E-state index in [9.17, 15) is 9.18 Å². The lowest BCUT2D eigenvalue weighted by atomic mass is 10.1. The highest BCUT2D eigenvalue weighted by molar-refractivity contribution is 5.94. The smallest absolute Gasteiger partial charge is 0.253 e. The molecule has 2 aromatic carbocycles. The number of halogens is 1. The number of rotatable bonds is 2. The molecule has 1 aliphatic heterocycles. The van der Waals surface area contributed by atoms with Crippen molar-refractivity contribution in [2.75, 3.05) is 26.2 Å². The van der Waals surface area contributed by atoms with E-state index < -0.39 is 0 Å². The van der Waals surface area contributed by atoms with Gasteiger partial charge in [-0.3, -0.25) is 9.69 Å². The summed E-state index contributed by atoms with van der Waals surface area (Å²) in [5.41, 5.74) is 3.15. The maximum atomic E-state index is 13.6. The lowest BCUT2D eigenvalue weighted by Gasteiger charge is -2.38. The molecular weight excluding hydrogens is 303 g/mol. The van der Waals surface area contributed by atoms with Gasteiger partial charge in [0.2, 0.25) is 0 Å². The predicted molar refractivity (Wildman–Crippen MR) is 91.4 cm³/mol. The fraction of sp³-hybridized carbons (Fsp3) is 0.350. The van der Waals surface area contributed by atoms with Crippen molar-refractivity contribution >= 4 is 5.91 Å². The van der Waals surface area contributed by atoms with Crippen LogP contribution in [0.15, 0.2) is 48.5 Å². The number of carbonyl (C=O) groups excluding carboxylic acids is 1. The molecule has 4 rings (SSSR count). The van der Waals surface area contributed by atoms with Gasteiger partial charge in [0.1, 0.15) is 5.82 Å². The van der Waals surface area contributed by atoms with Crippen LogP contribution in [0.25, 0.3) is 0 Å². The zero-order chi connectivity index (χ0) is 16.5. The van der Waals surface area contributed by atoms with Gasteiger partial charge in [0, 0.05) is 37.8 Å². The SMILES string of the molecule is O=C(c1ccccc1)N1CCN([C@H]2CCc3ccc(F)cc32)CC1. The molecule has 0 aromatic heterocycles. The molecule has 1 saturated heterocycles. The first-order valence-electron chi connectivity index (χ1n) is 8.59. The molecular formula is C20H21FN2O. The van der Waals surface area contributed by atoms with Gasteiger partial charge in [-0.25, -0.2) is 4.39 Å². The van der Waals surface area contributed by atoms with Crippen molar-refractivity contribution in [3.8, 4) is 0 Å². The highest BCUT2D eigenvalue weighted by atomic mass is 19.1. The summed E-state index contributed by atoms with van der Waals surface area (Å²) in [5.74, 6) is -0.0494. The minimum atomic E-state index is -0.154. The normalized spacial score (nSPS) is 20.9. The lowest BCUT2D eigenvalue weighted by Crippen LogP contribution is -2.49. The van der Waals surface area contributed by atoms with Crippen LogP contribution in [0.1, 0.15) is 33.9 Å². The maximum Gasteiger partial charge on any atom is 0.253 e. The molecule has 0 N–H and O–H groups in total. The Morgan fingerprint density at radius 1 is 1.00 bits per heavy atom. The van der Waals surface area contributed by atoms with Crippen molar-refractivity contribution in [3.05, 3.63) is 71.0 Å². The fourth-order valence-corrected chi connectivity index (χ4v) is 3.93. The molecule has 2 aromatic rings. The summed E-state index contributed by atoms with van der Waals surface area (Å²) >= 11 is 0. The Bertz CT molecular complexity index is 739. The number of aryl methyl sites for hydroxylation is 1. The Hall–Kier alpha value is -2.20. The van der Waals surface area contributed by atoms with Crippen molar-refractivity contribution in [1.29, 1.82) is 0 Å². The van der Waals surface area contributed by atoms with Gasteiger partial charge in [-0.05, 0) is 48.2 Å². The molecule has 0 unspecified atom stereocenters. The summed E-state index contributed by atoms with van der Waals surface area (Å²) in [4.78, 5) is 16.9. The van der Waals surface area contributed by atoms with E-state index in [1.54, 1.807) is 12.1 Å². The van der Waals surface area contributed by atoms with Crippen LogP contribution in [0, 0.1) is 5.82 Å². The van der Waals surface area contributed by atoms with Gasteiger partial charge in [0.25, 0.3) is 5.91 Å². The van der Waals surface area contributed by atoms with Gasteiger partial charge in [0.15, 0.2) is 0 Å². The minimum Gasteiger partial charge on any atom is -0.336 e. The van der Waals surface area contributed by atoms with Gasteiger partial charge >= 0.3 is 0 Å². The van der Waals surface area contributed by atoms with Crippen LogP contribution >= 0.6 is 0 Å². The van der Waals surface area contributed by atoms with E-state index in [4.69, 9.17) is 0 Å². The van der Waals surface area contributed by atoms with Crippen molar-refractivity contribution in [3.63, 3.8) is 0 Å². The van der Waals surface area contributed by atoms with Crippen molar-refractivity contribution < 1.29 is 9.18 Å². The molecule has 0 spiro atoms. The number of nitrogens with zero attached hydrogens (tertiary/aromatic N) is 2. The fourth-order valence-electron chi connectivity index (χ4n) is 3.93. The third kappa shape index (κ3) is 2.82. The van der Waals surface area contributed by atoms with E-state index in [0.29, 0.717) is 6.04 Å². The predicted octanol–water partition coefficient (Wildman–Crippen LogP) is 3.27. The van der Waals surface area contributed by atoms with Gasteiger partial charge in [0.05, 0.1) is 0 Å². The van der Waals surface area contributed by atoms with Gasteiger partial charge in [-0.2, -0.15) is 0 Å². The molecule has 2 aliphatic rings. The standard InChI is InChI=1S/C20H21FN2O/c21-17-8-6-15-7-9-19(18(15)14-17)22-10-12-23(13-11-22)20(24)16-4-2-1-3-5-16/h1-6,8,14,19H,7,9-13H2/t19-/m0/s1. The highest BCUT2D eigenvalue weighted by Crippen LogP contribution is 2.36. The molecule has 24 heavy (non-hydrogen) atoms. The summed E-state index contributed by atoms with van der Waals surface area (Å²) in [6.07, 6.45) is 2.06. The topological polar surface area (TPSA) is 23.6 Å². The summed E-state index contributed by atoms with van der Waals surface area (Å²) in [6.45, 7) is 3.15. The first-order chi connectivity index (χ1) is 11.7. The number of piperazine rings is 1. The van der Waals surface area contributed by atoms with E-state index in [1.807, 2.05) is 41.3 Å². The minimum absolute atomic E-state index is 0.105. The Labute approximate surface area is 141 Å². The molecule has 1 fully saturated rings. The Morgan fingerprint density at radius 2 is 1.75 bits per heavy atom. The van der Waals surface area contributed by atoms with Crippen LogP contribution in [-0.4, -0.2) is 41.9 Å². The third-order valence-corrected chi connectivity index (χ3v) is 5.22. The van der Waals surface area contributed by atoms with E-state index in [-0.39, 0.29) is 11.7 Å². The number of hydrogen-bond acceptors (Lipinski definition) is 2. The third-order valence-electron chi connectivity index (χ3n) is 5.22. The summed E-state index contributed by atoms with van der Waals surface area (Å²) in [5, 5.41) is 0. The monoisotopic (exact) mass is 324 g/mol. The van der Waals surface area contributed by atoms with Crippen LogP contribution in [0.5, 0.6) is 0 Å². The van der Waals surface area contributed by atoms with E-state index >= 15 is 0 Å². The zero-order valence-electron chi connectivity index (χ0n) is 13.6. The van der Waals surface area contributed by atoms with Crippen LogP contribution < -0.4 is 0 Å². The van der Waals surface area contributed by atoms with Gasteiger partial charge < -0.3 is 4.90 Å². The second-order valence-electron chi connectivity index (χ2n) is 6.59. The second kappa shape index (κ2) is 6.36. The van der Waals surface area contributed by atoms with Gasteiger partial charge in [-0.1, -0.05) is 24.3 Å². The second-order valence-corrected chi connectivity index (χ2v) is 6.59. The quantitative estimate of drug-likeness (QED) is 0.846. The molecule has 1 heterocycles. The molecule has 124 valence electrons. The maximum absolute atomic E-state index is 13.6. The van der Waals surface area contributed by atoms with Crippen LogP contribution in [0.3, 0.4) is 0 Å². The average Bonchev–Trinajstić information content (AvgIpc) is 3.05. The molecule has 0 bridgehead atoms. The van der Waals surface area contributed by atoms with E-state index in [0.717, 1.165) is 50.1 Å². The van der Waals surface area contributed by atoms with Crippen LogP contribution in [0.4, 0.5) is 4.39 Å². The van der Waals surface area contributed by atoms with E-state index in [2.05, 4.69) is 4.90 Å².